The van der Waals surface area contributed by atoms with Gasteiger partial charge in [0.1, 0.15) is 11.7 Å². The summed E-state index contributed by atoms with van der Waals surface area (Å²) < 4.78 is 40.6. The molecule has 11 heteroatoms. The zero-order valence-corrected chi connectivity index (χ0v) is 21.5. The summed E-state index contributed by atoms with van der Waals surface area (Å²) in [6.07, 6.45) is -3.66. The van der Waals surface area contributed by atoms with E-state index in [1.165, 1.54) is 23.5 Å². The first kappa shape index (κ1) is 27.9. The van der Waals surface area contributed by atoms with Crippen LogP contribution >= 0.6 is 22.9 Å². The molecule has 1 atom stereocenters. The van der Waals surface area contributed by atoms with E-state index in [4.69, 9.17) is 11.6 Å². The smallest absolute Gasteiger partial charge is 0.416 e. The summed E-state index contributed by atoms with van der Waals surface area (Å²) in [5.41, 5.74) is -0.807. The minimum Gasteiger partial charge on any atom is -0.480 e. The van der Waals surface area contributed by atoms with E-state index in [1.807, 2.05) is 12.1 Å². The van der Waals surface area contributed by atoms with E-state index in [0.29, 0.717) is 10.6 Å². The lowest BCUT2D eigenvalue weighted by Crippen LogP contribution is -2.45. The minimum atomic E-state index is -4.63. The van der Waals surface area contributed by atoms with Gasteiger partial charge in [-0.2, -0.15) is 13.2 Å². The summed E-state index contributed by atoms with van der Waals surface area (Å²) in [4.78, 5) is 38.5. The Bertz CT molecular complexity index is 1530. The van der Waals surface area contributed by atoms with Crippen LogP contribution in [0.5, 0.6) is 0 Å². The molecule has 0 radical (unpaired) electrons. The molecule has 4 rings (SSSR count). The third-order valence-electron chi connectivity index (χ3n) is 5.62. The van der Waals surface area contributed by atoms with Crippen molar-refractivity contribution in [3.05, 3.63) is 111 Å². The lowest BCUT2D eigenvalue weighted by Gasteiger charge is -2.17. The molecule has 3 aromatic carbocycles. The molecule has 2 amide bonds. The van der Waals surface area contributed by atoms with Crippen LogP contribution in [0, 0.1) is 0 Å². The van der Waals surface area contributed by atoms with Gasteiger partial charge in [-0.3, -0.25) is 9.59 Å². The molecule has 3 N–H and O–H groups in total. The highest BCUT2D eigenvalue weighted by Gasteiger charge is 2.30. The zero-order chi connectivity index (χ0) is 28.2. The number of aliphatic carboxylic acids is 1. The first-order chi connectivity index (χ1) is 18.5. The summed E-state index contributed by atoms with van der Waals surface area (Å²) in [6, 6.07) is 18.0. The standard InChI is InChI=1S/C28H20ClF3N2O4S/c29-20-10-8-16(9-11-20)13-22(27(37)38)34-25(35)21(14-17-4-3-6-19(12-17)28(30,31)32)33-26(36)24-15-18-5-1-2-7-23(18)39-24/h1-12,14-15,22H,13H2,(H,33,36)(H,34,35)(H,37,38)/b21-14+/t22-/m0/s1. The second-order valence-electron chi connectivity index (χ2n) is 8.48. The van der Waals surface area contributed by atoms with E-state index < -0.39 is 41.3 Å². The number of carboxylic acids is 1. The van der Waals surface area contributed by atoms with Crippen molar-refractivity contribution < 1.29 is 32.7 Å². The van der Waals surface area contributed by atoms with Crippen LogP contribution in [0.4, 0.5) is 13.2 Å². The summed E-state index contributed by atoms with van der Waals surface area (Å²) >= 11 is 7.04. The first-order valence-electron chi connectivity index (χ1n) is 11.5. The van der Waals surface area contributed by atoms with Crippen LogP contribution in [0.3, 0.4) is 0 Å². The largest absolute Gasteiger partial charge is 0.480 e. The quantitative estimate of drug-likeness (QED) is 0.221. The van der Waals surface area contributed by atoms with Crippen molar-refractivity contribution in [2.75, 3.05) is 0 Å². The van der Waals surface area contributed by atoms with Crippen LogP contribution in [0.25, 0.3) is 16.2 Å². The number of carbonyl (C=O) groups excluding carboxylic acids is 2. The highest BCUT2D eigenvalue weighted by molar-refractivity contribution is 7.20. The van der Waals surface area contributed by atoms with Crippen molar-refractivity contribution in [1.82, 2.24) is 10.6 Å². The average molecular weight is 573 g/mol. The van der Waals surface area contributed by atoms with Crippen LogP contribution in [-0.2, 0) is 22.2 Å². The molecule has 0 saturated carbocycles. The Morgan fingerprint density at radius 2 is 1.69 bits per heavy atom. The zero-order valence-electron chi connectivity index (χ0n) is 20.0. The van der Waals surface area contributed by atoms with Gasteiger partial charge in [0.25, 0.3) is 11.8 Å². The fourth-order valence-corrected chi connectivity index (χ4v) is 4.78. The number of hydrogen-bond donors (Lipinski definition) is 3. The summed E-state index contributed by atoms with van der Waals surface area (Å²) in [7, 11) is 0. The molecule has 1 heterocycles. The molecule has 1 aromatic heterocycles. The first-order valence-corrected chi connectivity index (χ1v) is 12.7. The van der Waals surface area contributed by atoms with Crippen molar-refractivity contribution >= 4 is 56.9 Å². The predicted molar refractivity (Wildman–Crippen MR) is 143 cm³/mol. The Balaban J connectivity index is 1.64. The molecule has 0 spiro atoms. The number of amides is 2. The van der Waals surface area contributed by atoms with Crippen LogP contribution in [0.2, 0.25) is 5.02 Å². The molecule has 0 unspecified atom stereocenters. The SMILES string of the molecule is O=C(N[C@@H](Cc1ccc(Cl)cc1)C(=O)O)/C(=C\c1cccc(C(F)(F)F)c1)NC(=O)c1cc2ccccc2s1. The van der Waals surface area contributed by atoms with Crippen molar-refractivity contribution in [3.8, 4) is 0 Å². The van der Waals surface area contributed by atoms with Crippen LogP contribution in [-0.4, -0.2) is 28.9 Å². The van der Waals surface area contributed by atoms with Crippen molar-refractivity contribution in [2.45, 2.75) is 18.6 Å². The lowest BCUT2D eigenvalue weighted by molar-refractivity contribution is -0.141. The second kappa shape index (κ2) is 11.7. The molecule has 0 fully saturated rings. The molecule has 39 heavy (non-hydrogen) atoms. The normalized spacial score (nSPS) is 12.7. The molecule has 6 nitrogen and oxygen atoms in total. The molecule has 0 aliphatic rings. The second-order valence-corrected chi connectivity index (χ2v) is 10.00. The Labute approximate surface area is 229 Å². The van der Waals surface area contributed by atoms with Gasteiger partial charge in [-0.25, -0.2) is 4.79 Å². The third-order valence-corrected chi connectivity index (χ3v) is 6.99. The molecule has 0 aliphatic heterocycles. The van der Waals surface area contributed by atoms with Crippen LogP contribution in [0.1, 0.15) is 26.4 Å². The van der Waals surface area contributed by atoms with E-state index >= 15 is 0 Å². The van der Waals surface area contributed by atoms with Gasteiger partial charge in [-0.15, -0.1) is 11.3 Å². The van der Waals surface area contributed by atoms with Gasteiger partial charge < -0.3 is 15.7 Å². The summed E-state index contributed by atoms with van der Waals surface area (Å²) in [6.45, 7) is 0. The number of nitrogens with one attached hydrogen (secondary N) is 2. The van der Waals surface area contributed by atoms with Gasteiger partial charge in [-0.05, 0) is 59.0 Å². The van der Waals surface area contributed by atoms with Crippen molar-refractivity contribution in [2.24, 2.45) is 0 Å². The molecule has 0 aliphatic carbocycles. The summed E-state index contributed by atoms with van der Waals surface area (Å²) in [5, 5.41) is 15.8. The Hall–Kier alpha value is -4.15. The number of thiophene rings is 1. The third kappa shape index (κ3) is 7.24. The van der Waals surface area contributed by atoms with Crippen LogP contribution < -0.4 is 10.6 Å². The predicted octanol–water partition coefficient (Wildman–Crippen LogP) is 6.16. The number of rotatable bonds is 8. The van der Waals surface area contributed by atoms with Gasteiger partial charge >= 0.3 is 12.1 Å². The molecular weight excluding hydrogens is 553 g/mol. The van der Waals surface area contributed by atoms with E-state index in [2.05, 4.69) is 10.6 Å². The number of fused-ring (bicyclic) bond motifs is 1. The Morgan fingerprint density at radius 1 is 0.974 bits per heavy atom. The number of carboxylic acid groups (broad SMARTS) is 1. The number of halogens is 4. The number of alkyl halides is 3. The van der Waals surface area contributed by atoms with Gasteiger partial charge in [0.15, 0.2) is 0 Å². The fraction of sp³-hybridized carbons (Fsp3) is 0.107. The maximum absolute atomic E-state index is 13.2. The summed E-state index contributed by atoms with van der Waals surface area (Å²) in [5.74, 6) is -3.00. The van der Waals surface area contributed by atoms with E-state index in [9.17, 15) is 32.7 Å². The van der Waals surface area contributed by atoms with Gasteiger partial charge in [0.2, 0.25) is 0 Å². The van der Waals surface area contributed by atoms with Crippen molar-refractivity contribution in [1.29, 1.82) is 0 Å². The number of carbonyl (C=O) groups is 3. The van der Waals surface area contributed by atoms with Gasteiger partial charge in [-0.1, -0.05) is 54.1 Å². The minimum absolute atomic E-state index is 0.0174. The van der Waals surface area contributed by atoms with E-state index in [-0.39, 0.29) is 16.9 Å². The highest BCUT2D eigenvalue weighted by atomic mass is 35.5. The number of hydrogen-bond acceptors (Lipinski definition) is 4. The maximum atomic E-state index is 13.2. The lowest BCUT2D eigenvalue weighted by atomic mass is 10.1. The van der Waals surface area contributed by atoms with Gasteiger partial charge in [0.05, 0.1) is 10.4 Å². The van der Waals surface area contributed by atoms with Crippen molar-refractivity contribution in [3.63, 3.8) is 0 Å². The van der Waals surface area contributed by atoms with Crippen LogP contribution in [0.15, 0.2) is 84.6 Å². The Kier molecular flexibility index (Phi) is 8.37. The maximum Gasteiger partial charge on any atom is 0.416 e. The molecule has 0 bridgehead atoms. The van der Waals surface area contributed by atoms with Gasteiger partial charge in [0, 0.05) is 16.1 Å². The highest BCUT2D eigenvalue weighted by Crippen LogP contribution is 2.30. The topological polar surface area (TPSA) is 95.5 Å². The fourth-order valence-electron chi connectivity index (χ4n) is 3.70. The molecule has 4 aromatic rings. The molecule has 0 saturated heterocycles. The molecular formula is C28H20ClF3N2O4S. The van der Waals surface area contributed by atoms with E-state index in [0.717, 1.165) is 28.3 Å². The average Bonchev–Trinajstić information content (AvgIpc) is 3.33. The Morgan fingerprint density at radius 3 is 2.36 bits per heavy atom. The van der Waals surface area contributed by atoms with E-state index in [1.54, 1.807) is 42.5 Å². The molecule has 200 valence electrons. The number of benzene rings is 3. The monoisotopic (exact) mass is 572 g/mol.